The highest BCUT2D eigenvalue weighted by Crippen LogP contribution is 2.35. The van der Waals surface area contributed by atoms with Crippen molar-refractivity contribution < 1.29 is 22.5 Å². The predicted octanol–water partition coefficient (Wildman–Crippen LogP) is 5.12. The van der Waals surface area contributed by atoms with Crippen LogP contribution in [0.2, 0.25) is 0 Å². The maximum Gasteiger partial charge on any atom is 0.408 e. The van der Waals surface area contributed by atoms with Gasteiger partial charge >= 0.3 is 6.09 Å². The minimum atomic E-state index is -3.46. The lowest BCUT2D eigenvalue weighted by Gasteiger charge is -2.34. The summed E-state index contributed by atoms with van der Waals surface area (Å²) < 4.78 is 39.5. The Balaban J connectivity index is 1.57. The lowest BCUT2D eigenvalue weighted by atomic mass is 9.91. The fraction of sp³-hybridized carbons (Fsp3) is 0.654. The highest BCUT2D eigenvalue weighted by Gasteiger charge is 2.38. The van der Waals surface area contributed by atoms with E-state index in [0.717, 1.165) is 44.1 Å². The van der Waals surface area contributed by atoms with Crippen molar-refractivity contribution in [1.82, 2.24) is 19.8 Å². The molecule has 1 saturated heterocycles. The van der Waals surface area contributed by atoms with Gasteiger partial charge in [-0.3, -0.25) is 0 Å². The molecule has 1 unspecified atom stereocenters. The lowest BCUT2D eigenvalue weighted by molar-refractivity contribution is 0.0504. The number of nitrogens with zero attached hydrogens (tertiary/aromatic N) is 3. The second-order valence-corrected chi connectivity index (χ2v) is 12.9. The Kier molecular flexibility index (Phi) is 8.34. The molecule has 1 amide bonds. The molecule has 1 aromatic heterocycles. The molecule has 2 aromatic rings. The van der Waals surface area contributed by atoms with Crippen molar-refractivity contribution in [2.45, 2.75) is 89.8 Å². The molecule has 2 heterocycles. The second kappa shape index (κ2) is 11.3. The molecule has 1 aromatic carbocycles. The Hall–Kier alpha value is -2.46. The third-order valence-electron chi connectivity index (χ3n) is 6.78. The molecule has 0 spiro atoms. The molecule has 36 heavy (non-hydrogen) atoms. The van der Waals surface area contributed by atoms with Crippen molar-refractivity contribution in [2.75, 3.05) is 12.3 Å². The minimum absolute atomic E-state index is 0.182. The molecular formula is C26H38N4O5S. The van der Waals surface area contributed by atoms with Gasteiger partial charge in [-0.05, 0) is 57.9 Å². The summed E-state index contributed by atoms with van der Waals surface area (Å²) in [5, 5.41) is 7.02. The van der Waals surface area contributed by atoms with Crippen LogP contribution in [0.3, 0.4) is 0 Å². The standard InChI is InChI=1S/C26H38N4O5S/c1-26(2,3)34-25(31)27-22(20-14-8-5-9-15-20)24-28-23(29-35-24)21-16-10-11-17-30(21)36(32,33)18-19-12-6-4-7-13-19/h5,8-9,14-15,19,21-22H,4,6-7,10-13,16-18H2,1-3H3,(H,27,31)/t21-,22?/m0/s1. The molecule has 10 heteroatoms. The van der Waals surface area contributed by atoms with Gasteiger partial charge in [0.25, 0.3) is 5.89 Å². The van der Waals surface area contributed by atoms with Crippen molar-refractivity contribution in [3.63, 3.8) is 0 Å². The van der Waals surface area contributed by atoms with Crippen molar-refractivity contribution in [3.05, 3.63) is 47.6 Å². The Labute approximate surface area is 214 Å². The van der Waals surface area contributed by atoms with Crippen LogP contribution in [0.1, 0.15) is 102 Å². The van der Waals surface area contributed by atoms with Crippen LogP contribution in [0.25, 0.3) is 0 Å². The van der Waals surface area contributed by atoms with E-state index in [9.17, 15) is 13.2 Å². The van der Waals surface area contributed by atoms with Crippen LogP contribution in [0.4, 0.5) is 4.79 Å². The Morgan fingerprint density at radius 2 is 1.81 bits per heavy atom. The summed E-state index contributed by atoms with van der Waals surface area (Å²) in [6.45, 7) is 5.84. The summed E-state index contributed by atoms with van der Waals surface area (Å²) in [6, 6.07) is 8.11. The zero-order valence-corrected chi connectivity index (χ0v) is 22.3. The number of alkyl carbamates (subject to hydrolysis) is 1. The number of benzene rings is 1. The number of aromatic nitrogens is 2. The van der Waals surface area contributed by atoms with E-state index in [4.69, 9.17) is 9.26 Å². The number of sulfonamides is 1. The van der Waals surface area contributed by atoms with E-state index in [1.165, 1.54) is 6.42 Å². The summed E-state index contributed by atoms with van der Waals surface area (Å²) in [7, 11) is -3.46. The maximum absolute atomic E-state index is 13.4. The first kappa shape index (κ1) is 26.6. The number of piperidine rings is 1. The van der Waals surface area contributed by atoms with E-state index >= 15 is 0 Å². The number of rotatable bonds is 7. The first-order chi connectivity index (χ1) is 17.1. The zero-order valence-electron chi connectivity index (χ0n) is 21.5. The molecule has 1 N–H and O–H groups in total. The molecule has 1 aliphatic carbocycles. The fourth-order valence-electron chi connectivity index (χ4n) is 5.10. The minimum Gasteiger partial charge on any atom is -0.444 e. The largest absolute Gasteiger partial charge is 0.444 e. The van der Waals surface area contributed by atoms with Crippen LogP contribution in [0.15, 0.2) is 34.9 Å². The Bertz CT molecular complexity index is 1110. The summed E-state index contributed by atoms with van der Waals surface area (Å²) in [5.74, 6) is 0.926. The van der Waals surface area contributed by atoms with Crippen molar-refractivity contribution in [2.24, 2.45) is 5.92 Å². The number of carbonyl (C=O) groups is 1. The zero-order chi connectivity index (χ0) is 25.8. The smallest absolute Gasteiger partial charge is 0.408 e. The van der Waals surface area contributed by atoms with Crippen molar-refractivity contribution >= 4 is 16.1 Å². The van der Waals surface area contributed by atoms with Gasteiger partial charge in [-0.15, -0.1) is 0 Å². The highest BCUT2D eigenvalue weighted by molar-refractivity contribution is 7.89. The molecule has 2 fully saturated rings. The van der Waals surface area contributed by atoms with Gasteiger partial charge in [0.05, 0.1) is 11.8 Å². The fourth-order valence-corrected chi connectivity index (χ4v) is 7.22. The van der Waals surface area contributed by atoms with E-state index in [1.54, 1.807) is 25.1 Å². The van der Waals surface area contributed by atoms with Crippen molar-refractivity contribution in [1.29, 1.82) is 0 Å². The molecule has 198 valence electrons. The first-order valence-corrected chi connectivity index (χ1v) is 14.6. The average Bonchev–Trinajstić information content (AvgIpc) is 3.32. The van der Waals surface area contributed by atoms with E-state index < -0.39 is 33.8 Å². The molecule has 4 rings (SSSR count). The molecule has 2 aliphatic rings. The summed E-state index contributed by atoms with van der Waals surface area (Å²) in [4.78, 5) is 17.2. The second-order valence-electron chi connectivity index (χ2n) is 10.9. The third kappa shape index (κ3) is 6.85. The van der Waals surface area contributed by atoms with E-state index in [1.807, 2.05) is 30.3 Å². The van der Waals surface area contributed by atoms with Gasteiger partial charge in [-0.1, -0.05) is 61.2 Å². The summed E-state index contributed by atoms with van der Waals surface area (Å²) in [6.07, 6.45) is 7.07. The van der Waals surface area contributed by atoms with Crippen LogP contribution >= 0.6 is 0 Å². The van der Waals surface area contributed by atoms with Gasteiger partial charge in [0, 0.05) is 6.54 Å². The number of hydrogen-bond donors (Lipinski definition) is 1. The highest BCUT2D eigenvalue weighted by atomic mass is 32.2. The predicted molar refractivity (Wildman–Crippen MR) is 136 cm³/mol. The van der Waals surface area contributed by atoms with Crippen LogP contribution in [-0.2, 0) is 14.8 Å². The van der Waals surface area contributed by atoms with Gasteiger partial charge in [-0.25, -0.2) is 13.2 Å². The number of nitrogens with one attached hydrogen (secondary N) is 1. The molecular weight excluding hydrogens is 480 g/mol. The number of ether oxygens (including phenoxy) is 1. The lowest BCUT2D eigenvalue weighted by Crippen LogP contribution is -2.41. The van der Waals surface area contributed by atoms with Crippen LogP contribution in [0, 0.1) is 5.92 Å². The molecule has 2 atom stereocenters. The number of hydrogen-bond acceptors (Lipinski definition) is 7. The Morgan fingerprint density at radius 3 is 2.50 bits per heavy atom. The topological polar surface area (TPSA) is 115 Å². The average molecular weight is 519 g/mol. The molecule has 9 nitrogen and oxygen atoms in total. The Morgan fingerprint density at radius 1 is 1.11 bits per heavy atom. The number of amides is 1. The first-order valence-electron chi connectivity index (χ1n) is 13.0. The van der Waals surface area contributed by atoms with Crippen LogP contribution < -0.4 is 5.32 Å². The van der Waals surface area contributed by atoms with Gasteiger partial charge in [0.15, 0.2) is 5.82 Å². The van der Waals surface area contributed by atoms with Crippen LogP contribution in [-0.4, -0.2) is 46.9 Å². The van der Waals surface area contributed by atoms with Crippen LogP contribution in [0.5, 0.6) is 0 Å². The van der Waals surface area contributed by atoms with Gasteiger partial charge in [0.1, 0.15) is 11.6 Å². The third-order valence-corrected chi connectivity index (χ3v) is 8.82. The molecule has 0 radical (unpaired) electrons. The van der Waals surface area contributed by atoms with E-state index in [0.29, 0.717) is 18.8 Å². The summed E-state index contributed by atoms with van der Waals surface area (Å²) in [5.41, 5.74) is 0.0876. The molecule has 1 saturated carbocycles. The molecule has 0 bridgehead atoms. The van der Waals surface area contributed by atoms with Gasteiger partial charge in [-0.2, -0.15) is 9.29 Å². The van der Waals surface area contributed by atoms with E-state index in [-0.39, 0.29) is 17.6 Å². The summed E-state index contributed by atoms with van der Waals surface area (Å²) >= 11 is 0. The monoisotopic (exact) mass is 518 g/mol. The van der Waals surface area contributed by atoms with E-state index in [2.05, 4.69) is 15.5 Å². The van der Waals surface area contributed by atoms with Gasteiger partial charge in [0.2, 0.25) is 10.0 Å². The van der Waals surface area contributed by atoms with Crippen molar-refractivity contribution in [3.8, 4) is 0 Å². The quantitative estimate of drug-likeness (QED) is 0.541. The van der Waals surface area contributed by atoms with Gasteiger partial charge < -0.3 is 14.6 Å². The SMILES string of the molecule is CC(C)(C)OC(=O)NC(c1ccccc1)c1nc([C@@H]2CCCCN2S(=O)(=O)CC2CCCCC2)no1. The number of carbonyl (C=O) groups excluding carboxylic acids is 1. The molecule has 1 aliphatic heterocycles. The maximum atomic E-state index is 13.4. The normalized spacial score (nSPS) is 21.1.